The number of rotatable bonds is 4. The number of benzene rings is 1. The van der Waals surface area contributed by atoms with Crippen molar-refractivity contribution in [2.75, 3.05) is 26.3 Å². The second-order valence-corrected chi connectivity index (χ2v) is 5.09. The quantitative estimate of drug-likeness (QED) is 0.854. The van der Waals surface area contributed by atoms with Crippen LogP contribution in [0.25, 0.3) is 0 Å². The number of ether oxygens (including phenoxy) is 2. The van der Waals surface area contributed by atoms with E-state index in [2.05, 4.69) is 6.07 Å². The van der Waals surface area contributed by atoms with Gasteiger partial charge in [0.1, 0.15) is 0 Å². The molecule has 5 heteroatoms. The summed E-state index contributed by atoms with van der Waals surface area (Å²) in [5, 5.41) is 8.90. The Morgan fingerprint density at radius 1 is 1.38 bits per heavy atom. The zero-order chi connectivity index (χ0) is 15.2. The Labute approximate surface area is 125 Å². The van der Waals surface area contributed by atoms with Crippen LogP contribution in [0.1, 0.15) is 30.6 Å². The van der Waals surface area contributed by atoms with Crippen molar-refractivity contribution in [3.05, 3.63) is 23.8 Å². The van der Waals surface area contributed by atoms with E-state index in [-0.39, 0.29) is 11.8 Å². The smallest absolute Gasteiger partial charge is 0.254 e. The molecule has 1 heterocycles. The van der Waals surface area contributed by atoms with Gasteiger partial charge in [-0.2, -0.15) is 5.26 Å². The van der Waals surface area contributed by atoms with E-state index in [0.717, 1.165) is 6.42 Å². The monoisotopic (exact) mass is 288 g/mol. The first kappa shape index (κ1) is 15.2. The van der Waals surface area contributed by atoms with Crippen LogP contribution in [0.15, 0.2) is 18.2 Å². The zero-order valence-corrected chi connectivity index (χ0v) is 12.5. The van der Waals surface area contributed by atoms with Crippen LogP contribution in [0.4, 0.5) is 0 Å². The third-order valence-electron chi connectivity index (χ3n) is 3.38. The fraction of sp³-hybridized carbons (Fsp3) is 0.500. The maximum absolute atomic E-state index is 12.5. The molecule has 0 fully saturated rings. The van der Waals surface area contributed by atoms with E-state index in [9.17, 15) is 4.79 Å². The first-order valence-corrected chi connectivity index (χ1v) is 7.24. The summed E-state index contributed by atoms with van der Waals surface area (Å²) in [6.07, 6.45) is 0.832. The van der Waals surface area contributed by atoms with Gasteiger partial charge < -0.3 is 14.4 Å². The van der Waals surface area contributed by atoms with Crippen molar-refractivity contribution in [1.29, 1.82) is 5.26 Å². The normalized spacial score (nSPS) is 14.7. The molecule has 0 saturated heterocycles. The van der Waals surface area contributed by atoms with Crippen molar-refractivity contribution in [1.82, 2.24) is 4.90 Å². The van der Waals surface area contributed by atoms with Crippen LogP contribution in [0.2, 0.25) is 0 Å². The fourth-order valence-electron chi connectivity index (χ4n) is 2.21. The lowest BCUT2D eigenvalue weighted by molar-refractivity contribution is 0.0752. The van der Waals surface area contributed by atoms with Gasteiger partial charge in [-0.3, -0.25) is 4.79 Å². The average molecular weight is 288 g/mol. The van der Waals surface area contributed by atoms with Gasteiger partial charge in [0.05, 0.1) is 25.2 Å². The molecule has 0 N–H and O–H groups in total. The lowest BCUT2D eigenvalue weighted by Crippen LogP contribution is -2.34. The number of nitriles is 1. The Hall–Kier alpha value is -2.22. The lowest BCUT2D eigenvalue weighted by Gasteiger charge is -2.22. The van der Waals surface area contributed by atoms with Gasteiger partial charge in [0.2, 0.25) is 0 Å². The van der Waals surface area contributed by atoms with Gasteiger partial charge in [-0.05, 0) is 32.0 Å². The Kier molecular flexibility index (Phi) is 5.04. The van der Waals surface area contributed by atoms with Crippen LogP contribution in [0.5, 0.6) is 11.5 Å². The number of nitrogens with zero attached hydrogens (tertiary/aromatic N) is 2. The average Bonchev–Trinajstić information content (AvgIpc) is 2.76. The molecule has 1 atom stereocenters. The van der Waals surface area contributed by atoms with Crippen LogP contribution < -0.4 is 9.47 Å². The van der Waals surface area contributed by atoms with E-state index in [1.165, 1.54) is 0 Å². The highest BCUT2D eigenvalue weighted by Gasteiger charge is 2.19. The van der Waals surface area contributed by atoms with E-state index in [1.807, 2.05) is 13.8 Å². The number of carbonyl (C=O) groups excluding carboxylic acids is 1. The number of amides is 1. The summed E-state index contributed by atoms with van der Waals surface area (Å²) < 4.78 is 11.2. The number of hydrogen-bond acceptors (Lipinski definition) is 4. The summed E-state index contributed by atoms with van der Waals surface area (Å²) in [6, 6.07) is 7.40. The van der Waals surface area contributed by atoms with E-state index in [1.54, 1.807) is 23.1 Å². The van der Waals surface area contributed by atoms with Crippen molar-refractivity contribution in [2.24, 2.45) is 5.92 Å². The maximum Gasteiger partial charge on any atom is 0.254 e. The van der Waals surface area contributed by atoms with Gasteiger partial charge in [0, 0.05) is 25.1 Å². The molecule has 0 bridgehead atoms. The molecular weight excluding hydrogens is 268 g/mol. The van der Waals surface area contributed by atoms with Crippen molar-refractivity contribution < 1.29 is 14.3 Å². The Morgan fingerprint density at radius 2 is 2.10 bits per heavy atom. The third-order valence-corrected chi connectivity index (χ3v) is 3.38. The van der Waals surface area contributed by atoms with E-state index >= 15 is 0 Å². The highest BCUT2D eigenvalue weighted by Crippen LogP contribution is 2.30. The predicted octanol–water partition coefficient (Wildman–Crippen LogP) is 2.47. The van der Waals surface area contributed by atoms with Crippen LogP contribution in [0, 0.1) is 17.2 Å². The highest BCUT2D eigenvalue weighted by atomic mass is 16.5. The van der Waals surface area contributed by atoms with Gasteiger partial charge >= 0.3 is 0 Å². The molecule has 1 aliphatic heterocycles. The first-order chi connectivity index (χ1) is 10.2. The largest absolute Gasteiger partial charge is 0.490 e. The van der Waals surface area contributed by atoms with Crippen molar-refractivity contribution >= 4 is 5.91 Å². The molecule has 0 aromatic heterocycles. The molecule has 0 radical (unpaired) electrons. The molecule has 5 nitrogen and oxygen atoms in total. The molecule has 112 valence electrons. The van der Waals surface area contributed by atoms with E-state index in [0.29, 0.717) is 43.4 Å². The minimum atomic E-state index is -0.186. The summed E-state index contributed by atoms with van der Waals surface area (Å²) in [6.45, 7) is 5.93. The number of carbonyl (C=O) groups is 1. The fourth-order valence-corrected chi connectivity index (χ4v) is 2.21. The molecule has 1 aliphatic rings. The molecule has 21 heavy (non-hydrogen) atoms. The van der Waals surface area contributed by atoms with Crippen LogP contribution >= 0.6 is 0 Å². The van der Waals surface area contributed by atoms with Crippen LogP contribution in [0.3, 0.4) is 0 Å². The van der Waals surface area contributed by atoms with Crippen LogP contribution in [-0.4, -0.2) is 37.1 Å². The molecule has 1 amide bonds. The number of fused-ring (bicyclic) bond motifs is 1. The zero-order valence-electron chi connectivity index (χ0n) is 12.5. The predicted molar refractivity (Wildman–Crippen MR) is 78.4 cm³/mol. The Balaban J connectivity index is 2.18. The lowest BCUT2D eigenvalue weighted by atomic mass is 10.1. The van der Waals surface area contributed by atoms with E-state index in [4.69, 9.17) is 14.7 Å². The van der Waals surface area contributed by atoms with E-state index < -0.39 is 0 Å². The highest BCUT2D eigenvalue weighted by molar-refractivity contribution is 5.95. The topological polar surface area (TPSA) is 62.6 Å². The molecule has 0 aliphatic carbocycles. The summed E-state index contributed by atoms with van der Waals surface area (Å²) >= 11 is 0. The summed E-state index contributed by atoms with van der Waals surface area (Å²) in [4.78, 5) is 14.2. The second-order valence-electron chi connectivity index (χ2n) is 5.09. The van der Waals surface area contributed by atoms with Gasteiger partial charge in [-0.25, -0.2) is 0 Å². The van der Waals surface area contributed by atoms with Crippen molar-refractivity contribution in [3.63, 3.8) is 0 Å². The molecule has 0 spiro atoms. The molecule has 1 aromatic carbocycles. The summed E-state index contributed by atoms with van der Waals surface area (Å²) in [7, 11) is 0. The van der Waals surface area contributed by atoms with Gasteiger partial charge in [-0.15, -0.1) is 0 Å². The van der Waals surface area contributed by atoms with Gasteiger partial charge in [0.15, 0.2) is 11.5 Å². The molecule has 1 aromatic rings. The minimum Gasteiger partial charge on any atom is -0.490 e. The molecule has 2 rings (SSSR count). The second kappa shape index (κ2) is 6.98. The number of hydrogen-bond donors (Lipinski definition) is 0. The van der Waals surface area contributed by atoms with Crippen LogP contribution in [-0.2, 0) is 0 Å². The molecule has 0 saturated carbocycles. The first-order valence-electron chi connectivity index (χ1n) is 7.24. The van der Waals surface area contributed by atoms with Crippen molar-refractivity contribution in [3.8, 4) is 17.6 Å². The SMILES string of the molecule is CCN(C[C@H](C)C#N)C(=O)c1ccc2c(c1)OCCCO2. The summed E-state index contributed by atoms with van der Waals surface area (Å²) in [5.41, 5.74) is 0.561. The minimum absolute atomic E-state index is 0.0877. The standard InChI is InChI=1S/C16H20N2O3/c1-3-18(11-12(2)10-17)16(19)13-5-6-14-15(9-13)21-8-4-7-20-14/h5-6,9,12H,3-4,7-8,11H2,1-2H3/t12-/m1/s1. The van der Waals surface area contributed by atoms with Crippen molar-refractivity contribution in [2.45, 2.75) is 20.3 Å². The Morgan fingerprint density at radius 3 is 2.76 bits per heavy atom. The summed E-state index contributed by atoms with van der Waals surface area (Å²) in [5.74, 6) is 1.02. The molecular formula is C16H20N2O3. The Bertz CT molecular complexity index is 551. The van der Waals surface area contributed by atoms with Gasteiger partial charge in [-0.1, -0.05) is 0 Å². The molecule has 0 unspecified atom stereocenters. The van der Waals surface area contributed by atoms with Gasteiger partial charge in [0.25, 0.3) is 5.91 Å². The maximum atomic E-state index is 12.5. The third kappa shape index (κ3) is 3.66.